The van der Waals surface area contributed by atoms with Gasteiger partial charge >= 0.3 is 0 Å². The maximum absolute atomic E-state index is 13.2. The highest BCUT2D eigenvalue weighted by Gasteiger charge is 2.45. The number of hydrogen-bond acceptors (Lipinski definition) is 5. The van der Waals surface area contributed by atoms with Crippen molar-refractivity contribution in [1.29, 1.82) is 0 Å². The van der Waals surface area contributed by atoms with Gasteiger partial charge in [0.05, 0.1) is 25.3 Å². The first kappa shape index (κ1) is 22.4. The van der Waals surface area contributed by atoms with E-state index in [0.29, 0.717) is 29.4 Å². The molecule has 1 unspecified atom stereocenters. The van der Waals surface area contributed by atoms with Crippen LogP contribution < -0.4 is 14.4 Å². The molecule has 1 amide bonds. The molecule has 1 heterocycles. The topological polar surface area (TPSA) is 76.1 Å². The van der Waals surface area contributed by atoms with Crippen molar-refractivity contribution in [3.63, 3.8) is 0 Å². The van der Waals surface area contributed by atoms with Gasteiger partial charge in [0.15, 0.2) is 11.5 Å². The van der Waals surface area contributed by atoms with Crippen molar-refractivity contribution in [2.45, 2.75) is 39.7 Å². The summed E-state index contributed by atoms with van der Waals surface area (Å²) >= 11 is 0. The number of benzene rings is 2. The van der Waals surface area contributed by atoms with Gasteiger partial charge in [-0.1, -0.05) is 45.0 Å². The van der Waals surface area contributed by atoms with Gasteiger partial charge in [0, 0.05) is 23.7 Å². The quantitative estimate of drug-likeness (QED) is 0.614. The Kier molecular flexibility index (Phi) is 7.00. The number of rotatable bonds is 9. The van der Waals surface area contributed by atoms with Gasteiger partial charge < -0.3 is 14.6 Å². The lowest BCUT2D eigenvalue weighted by atomic mass is 9.91. The highest BCUT2D eigenvalue weighted by atomic mass is 16.5. The summed E-state index contributed by atoms with van der Waals surface area (Å²) in [5, 5.41) is 10.8. The maximum atomic E-state index is 13.2. The van der Waals surface area contributed by atoms with Crippen LogP contribution in [0.5, 0.6) is 11.5 Å². The number of ketones is 1. The molecule has 0 fully saturated rings. The highest BCUT2D eigenvalue weighted by molar-refractivity contribution is 6.16. The third-order valence-corrected chi connectivity index (χ3v) is 5.10. The molecule has 0 bridgehead atoms. The van der Waals surface area contributed by atoms with Crippen LogP contribution >= 0.6 is 0 Å². The van der Waals surface area contributed by atoms with Crippen LogP contribution in [0, 0.1) is 5.92 Å². The normalized spacial score (nSPS) is 16.2. The Morgan fingerprint density at radius 1 is 1.16 bits per heavy atom. The predicted octanol–water partition coefficient (Wildman–Crippen LogP) is 5.00. The number of carbonyl (C=O) groups excluding carboxylic acids is 2. The van der Waals surface area contributed by atoms with Crippen molar-refractivity contribution in [2.75, 3.05) is 18.6 Å². The smallest absolute Gasteiger partial charge is 0.294 e. The number of methoxy groups -OCH3 is 1. The zero-order chi connectivity index (χ0) is 22.5. The van der Waals surface area contributed by atoms with E-state index in [0.717, 1.165) is 6.42 Å². The molecule has 0 radical (unpaired) electrons. The van der Waals surface area contributed by atoms with Crippen molar-refractivity contribution in [3.8, 4) is 11.5 Å². The van der Waals surface area contributed by atoms with Crippen LogP contribution in [0.1, 0.15) is 45.2 Å². The summed E-state index contributed by atoms with van der Waals surface area (Å²) in [5.74, 6) is -0.142. The van der Waals surface area contributed by atoms with Gasteiger partial charge in [-0.15, -0.1) is 0 Å². The number of aliphatic hydroxyl groups excluding tert-OH is 1. The molecule has 0 saturated heterocycles. The molecule has 164 valence electrons. The molecular formula is C25H29NO5. The Morgan fingerprint density at radius 2 is 1.90 bits per heavy atom. The average molecular weight is 424 g/mol. The summed E-state index contributed by atoms with van der Waals surface area (Å²) < 4.78 is 11.2. The molecule has 6 heteroatoms. The van der Waals surface area contributed by atoms with E-state index in [-0.39, 0.29) is 23.7 Å². The van der Waals surface area contributed by atoms with Gasteiger partial charge in [-0.05, 0) is 30.5 Å². The van der Waals surface area contributed by atoms with E-state index < -0.39 is 17.7 Å². The second-order valence-corrected chi connectivity index (χ2v) is 7.95. The second kappa shape index (κ2) is 9.69. The van der Waals surface area contributed by atoms with Crippen LogP contribution in [0.25, 0.3) is 0 Å². The van der Waals surface area contributed by atoms with Crippen LogP contribution in [-0.2, 0) is 9.59 Å². The number of carbonyl (C=O) groups is 2. The third kappa shape index (κ3) is 4.58. The SMILES string of the molecule is CCCOc1cccc(N2C(=O)C(O)=C(C(=O)CC(C)C)C2c2ccccc2OC)c1. The van der Waals surface area contributed by atoms with Gasteiger partial charge in [0.25, 0.3) is 5.91 Å². The minimum absolute atomic E-state index is 0.0843. The van der Waals surface area contributed by atoms with Gasteiger partial charge in [-0.25, -0.2) is 0 Å². The molecular weight excluding hydrogens is 394 g/mol. The second-order valence-electron chi connectivity index (χ2n) is 7.95. The third-order valence-electron chi connectivity index (χ3n) is 5.10. The number of nitrogens with zero attached hydrogens (tertiary/aromatic N) is 1. The number of para-hydroxylation sites is 1. The lowest BCUT2D eigenvalue weighted by molar-refractivity contribution is -0.118. The maximum Gasteiger partial charge on any atom is 0.294 e. The predicted molar refractivity (Wildman–Crippen MR) is 120 cm³/mol. The summed E-state index contributed by atoms with van der Waals surface area (Å²) in [4.78, 5) is 27.8. The van der Waals surface area contributed by atoms with Gasteiger partial charge in [-0.2, -0.15) is 0 Å². The molecule has 0 aromatic heterocycles. The number of amides is 1. The summed E-state index contributed by atoms with van der Waals surface area (Å²) in [6.45, 7) is 6.42. The Labute approximate surface area is 183 Å². The number of ether oxygens (including phenoxy) is 2. The fourth-order valence-electron chi connectivity index (χ4n) is 3.77. The van der Waals surface area contributed by atoms with E-state index in [4.69, 9.17) is 9.47 Å². The lowest BCUT2D eigenvalue weighted by Gasteiger charge is -2.28. The molecule has 3 rings (SSSR count). The lowest BCUT2D eigenvalue weighted by Crippen LogP contribution is -2.31. The van der Waals surface area contributed by atoms with Gasteiger partial charge in [0.1, 0.15) is 11.5 Å². The summed E-state index contributed by atoms with van der Waals surface area (Å²) in [6.07, 6.45) is 1.08. The zero-order valence-electron chi connectivity index (χ0n) is 18.4. The highest BCUT2D eigenvalue weighted by Crippen LogP contribution is 2.44. The number of anilines is 1. The van der Waals surface area contributed by atoms with Crippen LogP contribution in [0.15, 0.2) is 59.9 Å². The minimum atomic E-state index is -0.795. The number of Topliss-reactive ketones (excluding diaryl/α,β-unsaturated/α-hetero) is 1. The first-order valence-corrected chi connectivity index (χ1v) is 10.5. The molecule has 2 aromatic carbocycles. The fraction of sp³-hybridized carbons (Fsp3) is 0.360. The van der Waals surface area contributed by atoms with E-state index in [1.165, 1.54) is 4.90 Å². The van der Waals surface area contributed by atoms with E-state index >= 15 is 0 Å². The van der Waals surface area contributed by atoms with E-state index in [9.17, 15) is 14.7 Å². The molecule has 31 heavy (non-hydrogen) atoms. The summed E-state index contributed by atoms with van der Waals surface area (Å²) in [5.41, 5.74) is 1.27. The first-order valence-electron chi connectivity index (χ1n) is 10.5. The molecule has 1 aliphatic rings. The monoisotopic (exact) mass is 423 g/mol. The average Bonchev–Trinajstić information content (AvgIpc) is 3.02. The molecule has 1 atom stereocenters. The Hall–Kier alpha value is -3.28. The van der Waals surface area contributed by atoms with Crippen LogP contribution in [0.4, 0.5) is 5.69 Å². The van der Waals surface area contributed by atoms with E-state index in [1.54, 1.807) is 31.4 Å². The van der Waals surface area contributed by atoms with Crippen molar-refractivity contribution in [2.24, 2.45) is 5.92 Å². The minimum Gasteiger partial charge on any atom is -0.503 e. The molecule has 0 spiro atoms. The largest absolute Gasteiger partial charge is 0.503 e. The van der Waals surface area contributed by atoms with E-state index in [2.05, 4.69) is 0 Å². The van der Waals surface area contributed by atoms with Crippen molar-refractivity contribution >= 4 is 17.4 Å². The van der Waals surface area contributed by atoms with Crippen LogP contribution in [0.2, 0.25) is 0 Å². The zero-order valence-corrected chi connectivity index (χ0v) is 18.4. The molecule has 1 N–H and O–H groups in total. The Morgan fingerprint density at radius 3 is 2.58 bits per heavy atom. The van der Waals surface area contributed by atoms with Crippen molar-refractivity contribution < 1.29 is 24.2 Å². The molecule has 2 aromatic rings. The summed E-state index contributed by atoms with van der Waals surface area (Å²) in [6, 6.07) is 13.6. The molecule has 6 nitrogen and oxygen atoms in total. The molecule has 1 aliphatic heterocycles. The van der Waals surface area contributed by atoms with Crippen LogP contribution in [0.3, 0.4) is 0 Å². The van der Waals surface area contributed by atoms with Crippen LogP contribution in [-0.4, -0.2) is 30.5 Å². The fourth-order valence-corrected chi connectivity index (χ4v) is 3.77. The van der Waals surface area contributed by atoms with Gasteiger partial charge in [0.2, 0.25) is 0 Å². The van der Waals surface area contributed by atoms with Crippen molar-refractivity contribution in [1.82, 2.24) is 0 Å². The molecule has 0 aliphatic carbocycles. The molecule has 0 saturated carbocycles. The number of hydrogen-bond donors (Lipinski definition) is 1. The number of aliphatic hydroxyl groups is 1. The summed E-state index contributed by atoms with van der Waals surface area (Å²) in [7, 11) is 1.54. The van der Waals surface area contributed by atoms with E-state index in [1.807, 2.05) is 45.0 Å². The Balaban J connectivity index is 2.14. The van der Waals surface area contributed by atoms with Crippen molar-refractivity contribution in [3.05, 3.63) is 65.4 Å². The Bertz CT molecular complexity index is 995. The standard InChI is InChI=1S/C25H29NO5/c1-5-13-31-18-10-8-9-17(15-18)26-23(19-11-6-7-12-21(19)30-4)22(24(28)25(26)29)20(27)14-16(2)3/h6-12,15-16,23,28H,5,13-14H2,1-4H3. The first-order chi connectivity index (χ1) is 14.9. The van der Waals surface area contributed by atoms with Gasteiger partial charge in [-0.3, -0.25) is 14.5 Å².